The van der Waals surface area contributed by atoms with Crippen LogP contribution in [-0.4, -0.2) is 47.8 Å². The van der Waals surface area contributed by atoms with Crippen molar-refractivity contribution < 1.29 is 19.2 Å². The van der Waals surface area contributed by atoms with E-state index >= 15 is 0 Å². The van der Waals surface area contributed by atoms with Gasteiger partial charge in [0, 0.05) is 37.0 Å². The SMILES string of the molecule is CC1CCCCC1NC(=O)CC(C(=O)NC1CCCCC1C)C(CC(=O)NC1CCCCC1C)C(=O)NC1CCCCC1C. The van der Waals surface area contributed by atoms with E-state index in [0.29, 0.717) is 23.7 Å². The van der Waals surface area contributed by atoms with Crippen molar-refractivity contribution in [1.29, 1.82) is 0 Å². The highest BCUT2D eigenvalue weighted by atomic mass is 16.2. The molecule has 250 valence electrons. The van der Waals surface area contributed by atoms with Crippen LogP contribution >= 0.6 is 0 Å². The van der Waals surface area contributed by atoms with E-state index in [2.05, 4.69) is 49.0 Å². The van der Waals surface area contributed by atoms with E-state index < -0.39 is 11.8 Å². The third-order valence-electron chi connectivity index (χ3n) is 11.8. The molecule has 10 atom stereocenters. The fourth-order valence-electron chi connectivity index (χ4n) is 8.47. The molecular formula is C36H62N4O4. The van der Waals surface area contributed by atoms with Crippen LogP contribution in [0, 0.1) is 35.5 Å². The molecular weight excluding hydrogens is 552 g/mol. The third-order valence-corrected chi connectivity index (χ3v) is 11.8. The molecule has 4 N–H and O–H groups in total. The second kappa shape index (κ2) is 17.0. The van der Waals surface area contributed by atoms with E-state index in [0.717, 1.165) is 89.9 Å². The van der Waals surface area contributed by atoms with Gasteiger partial charge in [-0.15, -0.1) is 0 Å². The third kappa shape index (κ3) is 9.94. The molecule has 4 aliphatic rings. The molecule has 0 radical (unpaired) electrons. The summed E-state index contributed by atoms with van der Waals surface area (Å²) in [6, 6.07) is 0.230. The number of hydrogen-bond acceptors (Lipinski definition) is 4. The molecule has 10 unspecified atom stereocenters. The highest BCUT2D eigenvalue weighted by molar-refractivity contribution is 5.94. The molecule has 4 amide bonds. The lowest BCUT2D eigenvalue weighted by Crippen LogP contribution is -2.53. The van der Waals surface area contributed by atoms with Crippen molar-refractivity contribution in [3.05, 3.63) is 0 Å². The Morgan fingerprint density at radius 1 is 0.432 bits per heavy atom. The van der Waals surface area contributed by atoms with Crippen molar-refractivity contribution in [2.45, 2.75) is 167 Å². The molecule has 0 heterocycles. The van der Waals surface area contributed by atoms with Crippen molar-refractivity contribution in [2.75, 3.05) is 0 Å². The van der Waals surface area contributed by atoms with Crippen LogP contribution in [0.4, 0.5) is 0 Å². The van der Waals surface area contributed by atoms with Gasteiger partial charge in [-0.25, -0.2) is 0 Å². The van der Waals surface area contributed by atoms with Crippen LogP contribution in [0.25, 0.3) is 0 Å². The summed E-state index contributed by atoms with van der Waals surface area (Å²) in [5, 5.41) is 13.0. The average molecular weight is 615 g/mol. The normalized spacial score (nSPS) is 34.2. The summed E-state index contributed by atoms with van der Waals surface area (Å²) in [5.41, 5.74) is 0. The Balaban J connectivity index is 1.56. The van der Waals surface area contributed by atoms with E-state index in [1.165, 1.54) is 12.8 Å². The summed E-state index contributed by atoms with van der Waals surface area (Å²) in [4.78, 5) is 55.6. The maximum absolute atomic E-state index is 14.2. The van der Waals surface area contributed by atoms with Gasteiger partial charge in [-0.2, -0.15) is 0 Å². The van der Waals surface area contributed by atoms with Gasteiger partial charge in [0.25, 0.3) is 0 Å². The minimum absolute atomic E-state index is 0.0270. The molecule has 0 aromatic heterocycles. The highest BCUT2D eigenvalue weighted by Gasteiger charge is 2.40. The van der Waals surface area contributed by atoms with Crippen LogP contribution in [0.15, 0.2) is 0 Å². The first-order valence-corrected chi connectivity index (χ1v) is 18.3. The van der Waals surface area contributed by atoms with E-state index in [1.807, 2.05) is 0 Å². The number of nitrogens with one attached hydrogen (secondary N) is 4. The van der Waals surface area contributed by atoms with Crippen molar-refractivity contribution in [3.63, 3.8) is 0 Å². The summed E-state index contributed by atoms with van der Waals surface area (Å²) in [5.74, 6) is -1.24. The zero-order valence-corrected chi connectivity index (χ0v) is 28.1. The van der Waals surface area contributed by atoms with Gasteiger partial charge in [-0.1, -0.05) is 79.1 Å². The van der Waals surface area contributed by atoms with Gasteiger partial charge in [-0.3, -0.25) is 19.2 Å². The average Bonchev–Trinajstić information content (AvgIpc) is 2.99. The first-order chi connectivity index (χ1) is 21.1. The van der Waals surface area contributed by atoms with Crippen LogP contribution < -0.4 is 21.3 Å². The Labute approximate surface area is 266 Å². The van der Waals surface area contributed by atoms with Crippen molar-refractivity contribution in [3.8, 4) is 0 Å². The minimum atomic E-state index is -0.906. The number of rotatable bonds is 11. The Hall–Kier alpha value is -2.12. The van der Waals surface area contributed by atoms with Gasteiger partial charge < -0.3 is 21.3 Å². The molecule has 4 aliphatic carbocycles. The van der Waals surface area contributed by atoms with Crippen LogP contribution in [-0.2, 0) is 19.2 Å². The van der Waals surface area contributed by atoms with E-state index in [-0.39, 0.29) is 60.6 Å². The molecule has 8 heteroatoms. The number of amides is 4. The summed E-state index contributed by atoms with van der Waals surface area (Å²) in [6.45, 7) is 8.70. The second-order valence-electron chi connectivity index (χ2n) is 15.2. The quantitative estimate of drug-likeness (QED) is 0.236. The molecule has 8 nitrogen and oxygen atoms in total. The first-order valence-electron chi connectivity index (χ1n) is 18.3. The van der Waals surface area contributed by atoms with Crippen LogP contribution in [0.2, 0.25) is 0 Å². The molecule has 4 saturated carbocycles. The van der Waals surface area contributed by atoms with Crippen molar-refractivity contribution >= 4 is 23.6 Å². The van der Waals surface area contributed by atoms with Gasteiger partial charge in [0.05, 0.1) is 11.8 Å². The molecule has 0 spiro atoms. The van der Waals surface area contributed by atoms with E-state index in [4.69, 9.17) is 0 Å². The van der Waals surface area contributed by atoms with Gasteiger partial charge in [0.15, 0.2) is 0 Å². The molecule has 0 aromatic rings. The van der Waals surface area contributed by atoms with E-state index in [1.54, 1.807) is 0 Å². The fraction of sp³-hybridized carbons (Fsp3) is 0.889. The molecule has 0 bridgehead atoms. The molecule has 0 aromatic carbocycles. The lowest BCUT2D eigenvalue weighted by Gasteiger charge is -2.35. The number of carbonyl (C=O) groups excluding carboxylic acids is 4. The monoisotopic (exact) mass is 614 g/mol. The highest BCUT2D eigenvalue weighted by Crippen LogP contribution is 2.30. The van der Waals surface area contributed by atoms with Gasteiger partial charge >= 0.3 is 0 Å². The molecule has 0 aliphatic heterocycles. The fourth-order valence-corrected chi connectivity index (χ4v) is 8.47. The lowest BCUT2D eigenvalue weighted by atomic mass is 9.80. The van der Waals surface area contributed by atoms with Gasteiger partial charge in [-0.05, 0) is 75.0 Å². The van der Waals surface area contributed by atoms with Gasteiger partial charge in [0.1, 0.15) is 0 Å². The lowest BCUT2D eigenvalue weighted by molar-refractivity contribution is -0.141. The standard InChI is InChI=1S/C36H62N4O4/c1-23-13-5-9-17-29(23)37-33(41)21-27(35(43)39-31-19-11-7-15-25(31)3)28(36(44)40-32-20-12-8-16-26(32)4)22-34(42)38-30-18-10-6-14-24(30)2/h23-32H,5-22H2,1-4H3,(H,37,41)(H,38,42)(H,39,43)(H,40,44). The largest absolute Gasteiger partial charge is 0.353 e. The maximum atomic E-state index is 14.2. The zero-order valence-electron chi connectivity index (χ0n) is 28.1. The Morgan fingerprint density at radius 2 is 0.682 bits per heavy atom. The Bertz CT molecular complexity index is 896. The number of hydrogen-bond donors (Lipinski definition) is 4. The van der Waals surface area contributed by atoms with Crippen molar-refractivity contribution in [2.24, 2.45) is 35.5 Å². The molecule has 4 fully saturated rings. The van der Waals surface area contributed by atoms with E-state index in [9.17, 15) is 19.2 Å². The smallest absolute Gasteiger partial charge is 0.224 e. The second-order valence-corrected chi connectivity index (χ2v) is 15.2. The molecule has 0 saturated heterocycles. The summed E-state index contributed by atoms with van der Waals surface area (Å²) >= 11 is 0. The predicted octanol–water partition coefficient (Wildman–Crippen LogP) is 5.78. The van der Waals surface area contributed by atoms with Crippen LogP contribution in [0.1, 0.15) is 143 Å². The summed E-state index contributed by atoms with van der Waals surface area (Å²) in [6.07, 6.45) is 16.8. The van der Waals surface area contributed by atoms with Gasteiger partial charge in [0.2, 0.25) is 23.6 Å². The molecule has 44 heavy (non-hydrogen) atoms. The first kappa shape index (κ1) is 34.7. The molecule has 4 rings (SSSR count). The predicted molar refractivity (Wildman–Crippen MR) is 174 cm³/mol. The van der Waals surface area contributed by atoms with Crippen molar-refractivity contribution in [1.82, 2.24) is 21.3 Å². The zero-order chi connectivity index (χ0) is 31.6. The summed E-state index contributed by atoms with van der Waals surface area (Å²) in [7, 11) is 0. The number of carbonyl (C=O) groups is 4. The topological polar surface area (TPSA) is 116 Å². The maximum Gasteiger partial charge on any atom is 0.224 e. The Morgan fingerprint density at radius 3 is 0.955 bits per heavy atom. The summed E-state index contributed by atoms with van der Waals surface area (Å²) < 4.78 is 0. The minimum Gasteiger partial charge on any atom is -0.353 e. The Kier molecular flexibility index (Phi) is 13.4. The van der Waals surface area contributed by atoms with Crippen LogP contribution in [0.3, 0.4) is 0 Å². The van der Waals surface area contributed by atoms with Crippen LogP contribution in [0.5, 0.6) is 0 Å².